The Hall–Kier alpha value is -0.310. The summed E-state index contributed by atoms with van der Waals surface area (Å²) < 4.78 is 6.48. The molecule has 0 radical (unpaired) electrons. The fraction of sp³-hybridized carbons (Fsp3) is 0.333. The lowest BCUT2D eigenvalue weighted by Crippen LogP contribution is -1.96. The third-order valence-corrected chi connectivity index (χ3v) is 2.79. The number of ether oxygens (including phenoxy) is 1. The fourth-order valence-electron chi connectivity index (χ4n) is 1.07. The van der Waals surface area contributed by atoms with E-state index < -0.39 is 0 Å². The summed E-state index contributed by atoms with van der Waals surface area (Å²) in [5.74, 6) is 0. The zero-order valence-electron chi connectivity index (χ0n) is 8.72. The molecule has 0 atom stereocenters. The summed E-state index contributed by atoms with van der Waals surface area (Å²) in [6.07, 6.45) is 0.897. The van der Waals surface area contributed by atoms with Crippen LogP contribution in [0.2, 0.25) is 5.02 Å². The molecule has 0 saturated carbocycles. The highest BCUT2D eigenvalue weighted by Gasteiger charge is 2.00. The lowest BCUT2D eigenvalue weighted by Gasteiger charge is -2.06. The molecule has 0 aliphatic rings. The molecule has 0 aliphatic heterocycles. The molecule has 0 unspecified atom stereocenters. The minimum atomic E-state index is 0.555. The lowest BCUT2D eigenvalue weighted by atomic mass is 10.2. The molecular weight excluding hydrogens is 275 g/mol. The van der Waals surface area contributed by atoms with Crippen molar-refractivity contribution in [2.24, 2.45) is 0 Å². The number of halogens is 2. The molecule has 0 heterocycles. The van der Waals surface area contributed by atoms with Gasteiger partial charge in [-0.15, -0.1) is 6.58 Å². The van der Waals surface area contributed by atoms with Crippen molar-refractivity contribution < 1.29 is 4.74 Å². The second-order valence-corrected chi connectivity index (χ2v) is 4.82. The van der Waals surface area contributed by atoms with Crippen molar-refractivity contribution in [3.05, 3.63) is 45.4 Å². The van der Waals surface area contributed by atoms with E-state index in [2.05, 4.69) is 22.5 Å². The standard InChI is InChI=1S/C12H14BrClO/c1-9(2)5-6-15-8-10-3-4-11(13)7-12(10)14/h3-4,7H,1,5-6,8H2,2H3. The van der Waals surface area contributed by atoms with E-state index in [4.69, 9.17) is 16.3 Å². The molecule has 0 fully saturated rings. The van der Waals surface area contributed by atoms with Crippen LogP contribution in [0.5, 0.6) is 0 Å². The molecule has 82 valence electrons. The molecule has 1 aromatic rings. The molecule has 3 heteroatoms. The van der Waals surface area contributed by atoms with Gasteiger partial charge >= 0.3 is 0 Å². The van der Waals surface area contributed by atoms with Gasteiger partial charge in [0.2, 0.25) is 0 Å². The van der Waals surface area contributed by atoms with Crippen LogP contribution in [0.15, 0.2) is 34.8 Å². The summed E-state index contributed by atoms with van der Waals surface area (Å²) in [5, 5.41) is 0.736. The van der Waals surface area contributed by atoms with Crippen LogP contribution in [-0.4, -0.2) is 6.61 Å². The lowest BCUT2D eigenvalue weighted by molar-refractivity contribution is 0.124. The highest BCUT2D eigenvalue weighted by Crippen LogP contribution is 2.21. The minimum absolute atomic E-state index is 0.555. The smallest absolute Gasteiger partial charge is 0.0731 e. The van der Waals surface area contributed by atoms with E-state index in [0.29, 0.717) is 13.2 Å². The Morgan fingerprint density at radius 1 is 1.53 bits per heavy atom. The first-order chi connectivity index (χ1) is 7.09. The Kier molecular flexibility index (Phi) is 5.37. The molecule has 0 N–H and O–H groups in total. The fourth-order valence-corrected chi connectivity index (χ4v) is 1.80. The summed E-state index contributed by atoms with van der Waals surface area (Å²) in [7, 11) is 0. The largest absolute Gasteiger partial charge is 0.376 e. The molecule has 0 aliphatic carbocycles. The van der Waals surface area contributed by atoms with Crippen molar-refractivity contribution in [1.82, 2.24) is 0 Å². The number of rotatable bonds is 5. The zero-order valence-corrected chi connectivity index (χ0v) is 11.1. The van der Waals surface area contributed by atoms with Crippen molar-refractivity contribution in [2.45, 2.75) is 20.0 Å². The molecular formula is C12H14BrClO. The van der Waals surface area contributed by atoms with E-state index in [-0.39, 0.29) is 0 Å². The molecule has 15 heavy (non-hydrogen) atoms. The minimum Gasteiger partial charge on any atom is -0.376 e. The average Bonchev–Trinajstić information content (AvgIpc) is 2.14. The van der Waals surface area contributed by atoms with Gasteiger partial charge in [0.25, 0.3) is 0 Å². The number of benzene rings is 1. The van der Waals surface area contributed by atoms with E-state index in [0.717, 1.165) is 27.1 Å². The maximum atomic E-state index is 6.04. The van der Waals surface area contributed by atoms with Crippen molar-refractivity contribution in [3.63, 3.8) is 0 Å². The van der Waals surface area contributed by atoms with Crippen LogP contribution >= 0.6 is 27.5 Å². The topological polar surface area (TPSA) is 9.23 Å². The molecule has 0 aromatic heterocycles. The van der Waals surface area contributed by atoms with Gasteiger partial charge in [-0.1, -0.05) is 39.2 Å². The summed E-state index contributed by atoms with van der Waals surface area (Å²) in [6.45, 7) is 7.06. The van der Waals surface area contributed by atoms with Crippen LogP contribution in [0.1, 0.15) is 18.9 Å². The third kappa shape index (κ3) is 4.83. The normalized spacial score (nSPS) is 10.3. The van der Waals surface area contributed by atoms with E-state index in [1.165, 1.54) is 0 Å². The summed E-state index contributed by atoms with van der Waals surface area (Å²) in [6, 6.07) is 5.80. The van der Waals surface area contributed by atoms with Crippen LogP contribution in [-0.2, 0) is 11.3 Å². The van der Waals surface area contributed by atoms with Gasteiger partial charge in [0.05, 0.1) is 13.2 Å². The van der Waals surface area contributed by atoms with E-state index in [1.54, 1.807) is 0 Å². The van der Waals surface area contributed by atoms with E-state index >= 15 is 0 Å². The van der Waals surface area contributed by atoms with Crippen LogP contribution in [0.4, 0.5) is 0 Å². The molecule has 0 saturated heterocycles. The Morgan fingerprint density at radius 3 is 2.87 bits per heavy atom. The first-order valence-electron chi connectivity index (χ1n) is 4.75. The van der Waals surface area contributed by atoms with Gasteiger partial charge in [-0.3, -0.25) is 0 Å². The second kappa shape index (κ2) is 6.31. The Bertz CT molecular complexity index is 349. The van der Waals surface area contributed by atoms with Crippen LogP contribution in [0, 0.1) is 0 Å². The van der Waals surface area contributed by atoms with Gasteiger partial charge in [-0.25, -0.2) is 0 Å². The van der Waals surface area contributed by atoms with Crippen LogP contribution in [0.3, 0.4) is 0 Å². The molecule has 0 spiro atoms. The maximum absolute atomic E-state index is 6.04. The predicted octanol–water partition coefficient (Wildman–Crippen LogP) is 4.59. The SMILES string of the molecule is C=C(C)CCOCc1ccc(Br)cc1Cl. The molecule has 0 amide bonds. The van der Waals surface area contributed by atoms with E-state index in [9.17, 15) is 0 Å². The van der Waals surface area contributed by atoms with Crippen LogP contribution in [0.25, 0.3) is 0 Å². The predicted molar refractivity (Wildman–Crippen MR) is 68.2 cm³/mol. The maximum Gasteiger partial charge on any atom is 0.0731 e. The van der Waals surface area contributed by atoms with Crippen LogP contribution < -0.4 is 0 Å². The highest BCUT2D eigenvalue weighted by atomic mass is 79.9. The molecule has 1 aromatic carbocycles. The molecule has 1 nitrogen and oxygen atoms in total. The Labute approximate surface area is 104 Å². The molecule has 0 bridgehead atoms. The van der Waals surface area contributed by atoms with Crippen molar-refractivity contribution >= 4 is 27.5 Å². The Balaban J connectivity index is 2.40. The zero-order chi connectivity index (χ0) is 11.3. The summed E-state index contributed by atoms with van der Waals surface area (Å²) in [4.78, 5) is 0. The highest BCUT2D eigenvalue weighted by molar-refractivity contribution is 9.10. The van der Waals surface area contributed by atoms with Gasteiger partial charge in [0, 0.05) is 9.50 Å². The van der Waals surface area contributed by atoms with Crippen molar-refractivity contribution in [1.29, 1.82) is 0 Å². The van der Waals surface area contributed by atoms with Gasteiger partial charge in [-0.2, -0.15) is 0 Å². The number of hydrogen-bond acceptors (Lipinski definition) is 1. The van der Waals surface area contributed by atoms with E-state index in [1.807, 2.05) is 25.1 Å². The Morgan fingerprint density at radius 2 is 2.27 bits per heavy atom. The first-order valence-corrected chi connectivity index (χ1v) is 5.92. The quantitative estimate of drug-likeness (QED) is 0.569. The molecule has 1 rings (SSSR count). The summed E-state index contributed by atoms with van der Waals surface area (Å²) >= 11 is 9.40. The third-order valence-electron chi connectivity index (χ3n) is 1.95. The number of hydrogen-bond donors (Lipinski definition) is 0. The average molecular weight is 290 g/mol. The van der Waals surface area contributed by atoms with Gasteiger partial charge in [0.1, 0.15) is 0 Å². The first kappa shape index (κ1) is 12.8. The van der Waals surface area contributed by atoms with Gasteiger partial charge in [-0.05, 0) is 31.0 Å². The summed E-state index contributed by atoms with van der Waals surface area (Å²) in [5.41, 5.74) is 2.15. The second-order valence-electron chi connectivity index (χ2n) is 3.50. The monoisotopic (exact) mass is 288 g/mol. The van der Waals surface area contributed by atoms with Gasteiger partial charge in [0.15, 0.2) is 0 Å². The van der Waals surface area contributed by atoms with Crippen molar-refractivity contribution in [2.75, 3.05) is 6.61 Å². The van der Waals surface area contributed by atoms with Gasteiger partial charge < -0.3 is 4.74 Å². The van der Waals surface area contributed by atoms with Crippen molar-refractivity contribution in [3.8, 4) is 0 Å².